The van der Waals surface area contributed by atoms with E-state index in [4.69, 9.17) is 15.9 Å². The Bertz CT molecular complexity index is 2500. The standard InChI is InChI=1S/C51H66N6O10S/c1-11-15-35-30-42(57(31-35)48(62)43(50(4,5)6)54-44(58)32(3)56(10)49(63)67-51(7,8)9)47(61)53-40(29-34-18-21-36-16-13-14-17-37(36)27-34)45(59)52-41(46(60)55-68(64,65)39-24-25-39)28-33-19-22-38(23-20-33)66-26-12-2/h2,11,13-14,16-23,27,32,35,39-43H,1,15,24-26,28-31H2,3-10H3,(H,52,59)(H,53,61)(H,54,58)(H,55,60)/t32?,35-,40-,41-,42?,43+/m0/s1. The Labute approximate surface area is 400 Å². The third kappa shape index (κ3) is 14.3. The van der Waals surface area contributed by atoms with Gasteiger partial charge in [-0.3, -0.25) is 33.6 Å². The summed E-state index contributed by atoms with van der Waals surface area (Å²) < 4.78 is 39.1. The monoisotopic (exact) mass is 954 g/mol. The van der Waals surface area contributed by atoms with E-state index in [1.54, 1.807) is 71.9 Å². The van der Waals surface area contributed by atoms with Gasteiger partial charge in [-0.25, -0.2) is 13.2 Å². The Morgan fingerprint density at radius 3 is 2.09 bits per heavy atom. The molecule has 6 atom stereocenters. The topological polar surface area (TPSA) is 210 Å². The molecule has 4 N–H and O–H groups in total. The van der Waals surface area contributed by atoms with E-state index in [0.717, 1.165) is 15.7 Å². The van der Waals surface area contributed by atoms with Crippen molar-refractivity contribution in [3.63, 3.8) is 0 Å². The molecule has 0 radical (unpaired) electrons. The fourth-order valence-corrected chi connectivity index (χ4v) is 9.23. The summed E-state index contributed by atoms with van der Waals surface area (Å²) in [5, 5.41) is 9.60. The van der Waals surface area contributed by atoms with E-state index in [2.05, 4.69) is 33.2 Å². The maximum atomic E-state index is 14.8. The van der Waals surface area contributed by atoms with E-state index in [9.17, 15) is 37.2 Å². The highest BCUT2D eigenvalue weighted by Crippen LogP contribution is 2.31. The van der Waals surface area contributed by atoms with Crippen molar-refractivity contribution in [2.45, 2.75) is 128 Å². The van der Waals surface area contributed by atoms with Crippen LogP contribution in [0, 0.1) is 23.7 Å². The van der Waals surface area contributed by atoms with Gasteiger partial charge < -0.3 is 30.3 Å². The van der Waals surface area contributed by atoms with Gasteiger partial charge in [0.1, 0.15) is 48.2 Å². The van der Waals surface area contributed by atoms with Crippen LogP contribution in [-0.4, -0.2) is 115 Å². The highest BCUT2D eigenvalue weighted by molar-refractivity contribution is 7.90. The summed E-state index contributed by atoms with van der Waals surface area (Å²) in [4.78, 5) is 87.3. The molecule has 1 saturated heterocycles. The summed E-state index contributed by atoms with van der Waals surface area (Å²) in [5.41, 5.74) is -0.439. The zero-order chi connectivity index (χ0) is 50.1. The molecule has 1 aliphatic carbocycles. The highest BCUT2D eigenvalue weighted by Gasteiger charge is 2.46. The van der Waals surface area contributed by atoms with Crippen LogP contribution in [0.25, 0.3) is 10.8 Å². The van der Waals surface area contributed by atoms with E-state index in [1.165, 1.54) is 18.9 Å². The van der Waals surface area contributed by atoms with Gasteiger partial charge in [0, 0.05) is 26.4 Å². The minimum absolute atomic E-state index is 0.0354. The van der Waals surface area contributed by atoms with E-state index in [1.807, 2.05) is 42.5 Å². The number of benzene rings is 3. The fourth-order valence-electron chi connectivity index (χ4n) is 7.88. The van der Waals surface area contributed by atoms with E-state index >= 15 is 0 Å². The minimum Gasteiger partial charge on any atom is -0.481 e. The first-order chi connectivity index (χ1) is 31.9. The number of nitrogens with zero attached hydrogens (tertiary/aromatic N) is 2. The summed E-state index contributed by atoms with van der Waals surface area (Å²) in [6.07, 6.45) is 7.63. The number of ether oxygens (including phenoxy) is 2. The molecule has 1 saturated carbocycles. The van der Waals surface area contributed by atoms with Gasteiger partial charge in [0.15, 0.2) is 0 Å². The predicted octanol–water partition coefficient (Wildman–Crippen LogP) is 4.79. The number of carbonyl (C=O) groups excluding carboxylic acids is 6. The SMILES string of the molecule is C#CCOc1ccc(C[C@H](NC(=O)[C@H](Cc2ccc3ccccc3c2)NC(=O)C2C[C@H](CC=C)CN2C(=O)[C@@H](NC(=O)C(C)N(C)C(=O)OC(C)(C)C)C(C)(C)C)C(=O)NS(=O)(=O)C2CC2)cc1. The number of hydrogen-bond acceptors (Lipinski definition) is 10. The second-order valence-corrected chi connectivity index (χ2v) is 21.7. The predicted molar refractivity (Wildman–Crippen MR) is 259 cm³/mol. The van der Waals surface area contributed by atoms with Gasteiger partial charge in [-0.05, 0) is 98.7 Å². The van der Waals surface area contributed by atoms with Gasteiger partial charge >= 0.3 is 6.09 Å². The fraction of sp³-hybridized carbons (Fsp3) is 0.490. The number of carbonyl (C=O) groups is 6. The summed E-state index contributed by atoms with van der Waals surface area (Å²) >= 11 is 0. The van der Waals surface area contributed by atoms with Crippen LogP contribution in [0.3, 0.4) is 0 Å². The van der Waals surface area contributed by atoms with Crippen molar-refractivity contribution in [3.8, 4) is 18.1 Å². The third-order valence-electron chi connectivity index (χ3n) is 11.9. The molecule has 68 heavy (non-hydrogen) atoms. The Hall–Kier alpha value is -6.41. The lowest BCUT2D eigenvalue weighted by atomic mass is 9.85. The molecule has 17 heteroatoms. The van der Waals surface area contributed by atoms with Gasteiger partial charge in [0.25, 0.3) is 5.91 Å². The number of fused-ring (bicyclic) bond motifs is 1. The summed E-state index contributed by atoms with van der Waals surface area (Å²) in [5.74, 6) is -0.858. The number of terminal acetylenes is 1. The number of amides is 6. The average Bonchev–Trinajstić information content (AvgIpc) is 4.06. The first kappa shape index (κ1) is 52.6. The molecule has 6 amide bonds. The molecule has 1 heterocycles. The highest BCUT2D eigenvalue weighted by atomic mass is 32.2. The van der Waals surface area contributed by atoms with Crippen molar-refractivity contribution in [2.24, 2.45) is 11.3 Å². The number of likely N-dealkylation sites (tertiary alicyclic amines) is 1. The Balaban J connectivity index is 1.45. The van der Waals surface area contributed by atoms with Crippen molar-refractivity contribution in [3.05, 3.63) is 90.5 Å². The van der Waals surface area contributed by atoms with Crippen LogP contribution in [0.15, 0.2) is 79.4 Å². The number of sulfonamides is 1. The second kappa shape index (κ2) is 22.1. The van der Waals surface area contributed by atoms with E-state index < -0.39 is 92.1 Å². The number of rotatable bonds is 19. The zero-order valence-electron chi connectivity index (χ0n) is 40.3. The second-order valence-electron chi connectivity index (χ2n) is 19.8. The minimum atomic E-state index is -4.02. The molecule has 0 aromatic heterocycles. The molecule has 2 unspecified atom stereocenters. The van der Waals surface area contributed by atoms with Gasteiger partial charge in [-0.1, -0.05) is 87.4 Å². The molecule has 16 nitrogen and oxygen atoms in total. The molecular formula is C51H66N6O10S. The normalized spacial score (nSPS) is 17.9. The molecule has 3 aromatic rings. The van der Waals surface area contributed by atoms with Gasteiger partial charge in [-0.2, -0.15) is 0 Å². The average molecular weight is 955 g/mol. The molecule has 1 aliphatic heterocycles. The van der Waals surface area contributed by atoms with Crippen LogP contribution in [-0.2, 0) is 51.6 Å². The number of hydrogen-bond donors (Lipinski definition) is 4. The Morgan fingerprint density at radius 1 is 0.868 bits per heavy atom. The first-order valence-electron chi connectivity index (χ1n) is 22.9. The van der Waals surface area contributed by atoms with Crippen LogP contribution < -0.4 is 25.4 Å². The number of allylic oxidation sites excluding steroid dienone is 1. The van der Waals surface area contributed by atoms with Crippen molar-refractivity contribution < 1.29 is 46.7 Å². The molecular weight excluding hydrogens is 889 g/mol. The van der Waals surface area contributed by atoms with Crippen molar-refractivity contribution in [1.82, 2.24) is 30.5 Å². The van der Waals surface area contributed by atoms with Crippen LogP contribution in [0.4, 0.5) is 4.79 Å². The quantitative estimate of drug-likeness (QED) is 0.0954. The van der Waals surface area contributed by atoms with Crippen molar-refractivity contribution in [1.29, 1.82) is 0 Å². The summed E-state index contributed by atoms with van der Waals surface area (Å²) in [6, 6.07) is 13.9. The molecule has 0 bridgehead atoms. The maximum absolute atomic E-state index is 14.8. The third-order valence-corrected chi connectivity index (χ3v) is 13.8. The lowest BCUT2D eigenvalue weighted by molar-refractivity contribution is -0.145. The van der Waals surface area contributed by atoms with Crippen LogP contribution in [0.1, 0.15) is 85.3 Å². The summed E-state index contributed by atoms with van der Waals surface area (Å²) in [6.45, 7) is 16.0. The molecule has 3 aromatic carbocycles. The number of nitrogens with one attached hydrogen (secondary N) is 4. The molecule has 2 fully saturated rings. The Kier molecular flexibility index (Phi) is 17.1. The van der Waals surface area contributed by atoms with E-state index in [-0.39, 0.29) is 38.3 Å². The van der Waals surface area contributed by atoms with Gasteiger partial charge in [0.2, 0.25) is 33.7 Å². The smallest absolute Gasteiger partial charge is 0.410 e. The summed E-state index contributed by atoms with van der Waals surface area (Å²) in [7, 11) is -2.59. The molecule has 366 valence electrons. The number of likely N-dealkylation sites (N-methyl/N-ethyl adjacent to an activating group) is 1. The first-order valence-corrected chi connectivity index (χ1v) is 24.4. The maximum Gasteiger partial charge on any atom is 0.410 e. The van der Waals surface area contributed by atoms with Crippen LogP contribution >= 0.6 is 0 Å². The molecule has 5 rings (SSSR count). The van der Waals surface area contributed by atoms with Crippen molar-refractivity contribution in [2.75, 3.05) is 20.2 Å². The van der Waals surface area contributed by atoms with Gasteiger partial charge in [-0.15, -0.1) is 13.0 Å². The van der Waals surface area contributed by atoms with E-state index in [0.29, 0.717) is 36.1 Å². The molecule has 0 spiro atoms. The van der Waals surface area contributed by atoms with Crippen LogP contribution in [0.2, 0.25) is 0 Å². The Morgan fingerprint density at radius 2 is 1.49 bits per heavy atom. The van der Waals surface area contributed by atoms with Gasteiger partial charge in [0.05, 0.1) is 5.25 Å². The van der Waals surface area contributed by atoms with Crippen molar-refractivity contribution >= 4 is 56.4 Å². The largest absolute Gasteiger partial charge is 0.481 e. The zero-order valence-corrected chi connectivity index (χ0v) is 41.1. The lowest BCUT2D eigenvalue weighted by Gasteiger charge is -2.37. The lowest BCUT2D eigenvalue weighted by Crippen LogP contribution is -2.61. The van der Waals surface area contributed by atoms with Crippen LogP contribution in [0.5, 0.6) is 5.75 Å². The molecule has 2 aliphatic rings.